The summed E-state index contributed by atoms with van der Waals surface area (Å²) in [6, 6.07) is 0. The monoisotopic (exact) mass is 229 g/mol. The Morgan fingerprint density at radius 1 is 1.12 bits per heavy atom. The van der Waals surface area contributed by atoms with Crippen molar-refractivity contribution in [3.05, 3.63) is 0 Å². The summed E-state index contributed by atoms with van der Waals surface area (Å²) < 4.78 is 4.97. The number of carbonyl (C=O) groups excluding carboxylic acids is 2. The predicted octanol–water partition coefficient (Wildman–Crippen LogP) is 2.34. The molecule has 0 aromatic heterocycles. The molecule has 4 nitrogen and oxygen atoms in total. The highest BCUT2D eigenvalue weighted by Crippen LogP contribution is 2.11. The van der Waals surface area contributed by atoms with Gasteiger partial charge < -0.3 is 4.74 Å². The first-order chi connectivity index (χ1) is 7.52. The molecule has 0 bridgehead atoms. The maximum absolute atomic E-state index is 11.4. The molecule has 0 amide bonds. The van der Waals surface area contributed by atoms with Crippen LogP contribution in [0.3, 0.4) is 0 Å². The van der Waals surface area contributed by atoms with Crippen molar-refractivity contribution in [3.8, 4) is 0 Å². The van der Waals surface area contributed by atoms with E-state index >= 15 is 0 Å². The van der Waals surface area contributed by atoms with Gasteiger partial charge in [-0.25, -0.2) is 9.90 Å². The second-order valence-corrected chi connectivity index (χ2v) is 4.12. The van der Waals surface area contributed by atoms with Crippen LogP contribution < -0.4 is 0 Å². The summed E-state index contributed by atoms with van der Waals surface area (Å²) in [5.41, 5.74) is 0. The van der Waals surface area contributed by atoms with Gasteiger partial charge >= 0.3 is 11.9 Å². The van der Waals surface area contributed by atoms with Crippen molar-refractivity contribution in [1.82, 2.24) is 0 Å². The summed E-state index contributed by atoms with van der Waals surface area (Å²) in [6.07, 6.45) is 2.90. The number of carbonyl (C=O) groups is 2. The zero-order valence-electron chi connectivity index (χ0n) is 10.3. The molecule has 0 rings (SSSR count). The van der Waals surface area contributed by atoms with Crippen molar-refractivity contribution in [2.75, 3.05) is 6.61 Å². The highest BCUT2D eigenvalue weighted by atomic mass is 16.5. The zero-order valence-corrected chi connectivity index (χ0v) is 10.3. The standard InChI is InChI=1S/C12H21O4/c1-4-6-9(3)12(15)16-8-10(7-5-2)11(13)14/h9-10H,4-8H2,1-3H3. The van der Waals surface area contributed by atoms with Crippen LogP contribution in [0.25, 0.3) is 0 Å². The summed E-state index contributed by atoms with van der Waals surface area (Å²) in [5.74, 6) is -2.29. The lowest BCUT2D eigenvalue weighted by atomic mass is 10.0. The Bertz CT molecular complexity index is 225. The third kappa shape index (κ3) is 5.73. The lowest BCUT2D eigenvalue weighted by molar-refractivity contribution is -0.157. The maximum atomic E-state index is 11.4. The molecule has 0 aliphatic heterocycles. The average Bonchev–Trinajstić information content (AvgIpc) is 2.23. The Labute approximate surface area is 97.0 Å². The molecule has 16 heavy (non-hydrogen) atoms. The van der Waals surface area contributed by atoms with Crippen LogP contribution in [0.1, 0.15) is 46.5 Å². The molecule has 0 aromatic carbocycles. The van der Waals surface area contributed by atoms with Crippen molar-refractivity contribution >= 4 is 11.9 Å². The summed E-state index contributed by atoms with van der Waals surface area (Å²) in [6.45, 7) is 5.60. The van der Waals surface area contributed by atoms with Crippen molar-refractivity contribution in [2.24, 2.45) is 11.8 Å². The molecule has 4 heteroatoms. The fourth-order valence-corrected chi connectivity index (χ4v) is 1.49. The molecular formula is C12H21O4. The van der Waals surface area contributed by atoms with E-state index in [4.69, 9.17) is 4.74 Å². The predicted molar refractivity (Wildman–Crippen MR) is 59.1 cm³/mol. The van der Waals surface area contributed by atoms with Gasteiger partial charge in [-0.2, -0.15) is 0 Å². The van der Waals surface area contributed by atoms with Gasteiger partial charge in [0.15, 0.2) is 0 Å². The molecule has 2 unspecified atom stereocenters. The van der Waals surface area contributed by atoms with E-state index in [0.717, 1.165) is 19.3 Å². The molecule has 0 spiro atoms. The molecule has 0 aromatic rings. The van der Waals surface area contributed by atoms with E-state index in [9.17, 15) is 14.7 Å². The minimum Gasteiger partial charge on any atom is -0.465 e. The Morgan fingerprint density at radius 3 is 2.12 bits per heavy atom. The Morgan fingerprint density at radius 2 is 1.69 bits per heavy atom. The van der Waals surface area contributed by atoms with E-state index in [-0.39, 0.29) is 18.5 Å². The minimum absolute atomic E-state index is 0.0664. The largest absolute Gasteiger partial charge is 0.465 e. The minimum atomic E-state index is -1.14. The van der Waals surface area contributed by atoms with Crippen LogP contribution >= 0.6 is 0 Å². The molecule has 0 aliphatic carbocycles. The molecule has 0 N–H and O–H groups in total. The summed E-state index contributed by atoms with van der Waals surface area (Å²) in [4.78, 5) is 22.1. The van der Waals surface area contributed by atoms with Crippen LogP contribution in [0.4, 0.5) is 0 Å². The first-order valence-electron chi connectivity index (χ1n) is 5.90. The van der Waals surface area contributed by atoms with Gasteiger partial charge in [-0.15, -0.1) is 0 Å². The smallest absolute Gasteiger partial charge is 0.362 e. The molecule has 0 saturated heterocycles. The van der Waals surface area contributed by atoms with Crippen molar-refractivity contribution in [1.29, 1.82) is 0 Å². The van der Waals surface area contributed by atoms with E-state index in [0.29, 0.717) is 6.42 Å². The maximum Gasteiger partial charge on any atom is 0.362 e. The van der Waals surface area contributed by atoms with E-state index in [2.05, 4.69) is 0 Å². The van der Waals surface area contributed by atoms with Gasteiger partial charge in [0.1, 0.15) is 6.61 Å². The molecule has 1 radical (unpaired) electrons. The number of esters is 1. The number of hydrogen-bond donors (Lipinski definition) is 0. The van der Waals surface area contributed by atoms with Gasteiger partial charge in [0, 0.05) is 0 Å². The van der Waals surface area contributed by atoms with Crippen LogP contribution in [0.15, 0.2) is 0 Å². The molecule has 2 atom stereocenters. The third-order valence-electron chi connectivity index (χ3n) is 2.52. The van der Waals surface area contributed by atoms with Crippen molar-refractivity contribution < 1.29 is 19.4 Å². The summed E-state index contributed by atoms with van der Waals surface area (Å²) in [5, 5.41) is 10.7. The van der Waals surface area contributed by atoms with E-state index < -0.39 is 11.9 Å². The van der Waals surface area contributed by atoms with Gasteiger partial charge in [-0.05, 0) is 12.8 Å². The second kappa shape index (κ2) is 8.13. The molecular weight excluding hydrogens is 208 g/mol. The molecule has 0 aliphatic rings. The number of rotatable bonds is 8. The fourth-order valence-electron chi connectivity index (χ4n) is 1.49. The van der Waals surface area contributed by atoms with Gasteiger partial charge in [-0.1, -0.05) is 33.6 Å². The lowest BCUT2D eigenvalue weighted by Gasteiger charge is -2.13. The van der Waals surface area contributed by atoms with Gasteiger partial charge in [-0.3, -0.25) is 4.79 Å². The molecule has 0 saturated carbocycles. The first kappa shape index (κ1) is 14.9. The number of ether oxygens (including phenoxy) is 1. The highest BCUT2D eigenvalue weighted by molar-refractivity contribution is 5.73. The highest BCUT2D eigenvalue weighted by Gasteiger charge is 2.22. The van der Waals surface area contributed by atoms with E-state index in [1.807, 2.05) is 13.8 Å². The molecule has 0 heterocycles. The van der Waals surface area contributed by atoms with Crippen LogP contribution in [-0.2, 0) is 19.4 Å². The SMILES string of the molecule is CCCC(C)C(=O)OCC(CCC)C([O])=O. The molecule has 93 valence electrons. The van der Waals surface area contributed by atoms with Crippen LogP contribution in [0.5, 0.6) is 0 Å². The van der Waals surface area contributed by atoms with E-state index in [1.165, 1.54) is 0 Å². The van der Waals surface area contributed by atoms with Crippen molar-refractivity contribution in [3.63, 3.8) is 0 Å². The quantitative estimate of drug-likeness (QED) is 0.600. The van der Waals surface area contributed by atoms with Crippen LogP contribution in [-0.4, -0.2) is 18.5 Å². The van der Waals surface area contributed by atoms with E-state index in [1.54, 1.807) is 6.92 Å². The van der Waals surface area contributed by atoms with Gasteiger partial charge in [0.2, 0.25) is 0 Å². The summed E-state index contributed by atoms with van der Waals surface area (Å²) >= 11 is 0. The number of hydrogen-bond acceptors (Lipinski definition) is 3. The normalized spacial score (nSPS) is 14.2. The fraction of sp³-hybridized carbons (Fsp3) is 0.833. The van der Waals surface area contributed by atoms with Gasteiger partial charge in [0.25, 0.3) is 0 Å². The Kier molecular flexibility index (Phi) is 7.60. The second-order valence-electron chi connectivity index (χ2n) is 4.12. The Balaban J connectivity index is 4.00. The topological polar surface area (TPSA) is 63.3 Å². The Hall–Kier alpha value is -1.06. The van der Waals surface area contributed by atoms with Crippen LogP contribution in [0.2, 0.25) is 0 Å². The van der Waals surface area contributed by atoms with Crippen molar-refractivity contribution in [2.45, 2.75) is 46.5 Å². The van der Waals surface area contributed by atoms with Crippen LogP contribution in [0, 0.1) is 11.8 Å². The average molecular weight is 229 g/mol. The summed E-state index contributed by atoms with van der Waals surface area (Å²) in [7, 11) is 0. The first-order valence-corrected chi connectivity index (χ1v) is 5.90. The zero-order chi connectivity index (χ0) is 12.6. The lowest BCUT2D eigenvalue weighted by Crippen LogP contribution is -2.23. The third-order valence-corrected chi connectivity index (χ3v) is 2.52. The van der Waals surface area contributed by atoms with Gasteiger partial charge in [0.05, 0.1) is 11.8 Å². The molecule has 0 fully saturated rings.